The third kappa shape index (κ3) is 7.21. The number of amides is 1. The Kier molecular flexibility index (Phi) is 9.06. The van der Waals surface area contributed by atoms with E-state index < -0.39 is 5.60 Å². The van der Waals surface area contributed by atoms with Crippen molar-refractivity contribution < 1.29 is 14.3 Å². The van der Waals surface area contributed by atoms with Gasteiger partial charge in [0.25, 0.3) is 0 Å². The number of carbonyl (C=O) groups excluding carboxylic acids is 1. The van der Waals surface area contributed by atoms with Crippen LogP contribution in [0.4, 0.5) is 4.79 Å². The molecule has 1 amide bonds. The van der Waals surface area contributed by atoms with Gasteiger partial charge in [-0.05, 0) is 52.7 Å². The Labute approximate surface area is 197 Å². The molecule has 0 bridgehead atoms. The largest absolute Gasteiger partial charge is 0.494 e. The van der Waals surface area contributed by atoms with Gasteiger partial charge >= 0.3 is 6.09 Å². The van der Waals surface area contributed by atoms with Gasteiger partial charge in [0.05, 0.1) is 19.2 Å². The zero-order valence-corrected chi connectivity index (χ0v) is 20.8. The van der Waals surface area contributed by atoms with Gasteiger partial charge in [0.2, 0.25) is 0 Å². The smallest absolute Gasteiger partial charge is 0.410 e. The number of fused-ring (bicyclic) bond motifs is 1. The van der Waals surface area contributed by atoms with Gasteiger partial charge in [-0.15, -0.1) is 24.0 Å². The molecule has 7 nitrogen and oxygen atoms in total. The third-order valence-corrected chi connectivity index (χ3v) is 5.00. The van der Waals surface area contributed by atoms with Crippen LogP contribution in [0.5, 0.6) is 5.75 Å². The van der Waals surface area contributed by atoms with E-state index in [1.807, 2.05) is 32.9 Å². The lowest BCUT2D eigenvalue weighted by Crippen LogP contribution is -2.57. The minimum atomic E-state index is -0.462. The quantitative estimate of drug-likeness (QED) is 0.450. The number of aliphatic imine (C=N–C) groups is 1. The lowest BCUT2D eigenvalue weighted by Gasteiger charge is -2.39. The lowest BCUT2D eigenvalue weighted by molar-refractivity contribution is 0.0137. The van der Waals surface area contributed by atoms with Gasteiger partial charge in [0.15, 0.2) is 5.96 Å². The van der Waals surface area contributed by atoms with Crippen molar-refractivity contribution >= 4 is 36.0 Å². The van der Waals surface area contributed by atoms with Crippen LogP contribution in [0.1, 0.15) is 39.2 Å². The van der Waals surface area contributed by atoms with Crippen molar-refractivity contribution in [3.63, 3.8) is 0 Å². The monoisotopic (exact) mass is 530 g/mol. The normalized spacial score (nSPS) is 18.3. The Morgan fingerprint density at radius 2 is 1.93 bits per heavy atom. The maximum absolute atomic E-state index is 12.3. The summed E-state index contributed by atoms with van der Waals surface area (Å²) < 4.78 is 11.3. The molecule has 0 aromatic heterocycles. The molecule has 3 rings (SSSR count). The van der Waals surface area contributed by atoms with Gasteiger partial charge in [0.1, 0.15) is 11.4 Å². The van der Waals surface area contributed by atoms with Gasteiger partial charge in [-0.1, -0.05) is 17.7 Å². The van der Waals surface area contributed by atoms with Crippen LogP contribution in [0.15, 0.2) is 29.3 Å². The number of halogens is 1. The summed E-state index contributed by atoms with van der Waals surface area (Å²) in [6, 6.07) is 8.39. The Morgan fingerprint density at radius 1 is 1.20 bits per heavy atom. The Hall–Kier alpha value is -1.71. The molecule has 1 atom stereocenters. The number of carbonyl (C=O) groups is 1. The lowest BCUT2D eigenvalue weighted by atomic mass is 10.2. The van der Waals surface area contributed by atoms with Gasteiger partial charge in [-0.3, -0.25) is 4.99 Å². The predicted molar refractivity (Wildman–Crippen MR) is 130 cm³/mol. The summed E-state index contributed by atoms with van der Waals surface area (Å²) in [6.45, 7) is 12.2. The van der Waals surface area contributed by atoms with E-state index in [1.165, 1.54) is 5.56 Å². The maximum atomic E-state index is 12.3. The predicted octanol–water partition coefficient (Wildman–Crippen LogP) is 3.65. The maximum Gasteiger partial charge on any atom is 0.410 e. The van der Waals surface area contributed by atoms with Crippen molar-refractivity contribution in [1.29, 1.82) is 0 Å². The Balaban J connectivity index is 0.00000320. The second-order valence-electron chi connectivity index (χ2n) is 8.73. The van der Waals surface area contributed by atoms with Crippen molar-refractivity contribution in [3.05, 3.63) is 29.8 Å². The molecule has 0 aliphatic carbocycles. The molecule has 2 aliphatic heterocycles. The molecule has 1 aromatic rings. The number of nitrogens with one attached hydrogen (secondary N) is 1. The van der Waals surface area contributed by atoms with E-state index in [0.717, 1.165) is 44.2 Å². The Bertz CT molecular complexity index is 718. The highest BCUT2D eigenvalue weighted by Crippen LogP contribution is 2.18. The number of hydrogen-bond acceptors (Lipinski definition) is 6. The van der Waals surface area contributed by atoms with Gasteiger partial charge in [-0.25, -0.2) is 4.79 Å². The number of benzene rings is 1. The molecule has 1 unspecified atom stereocenters. The van der Waals surface area contributed by atoms with E-state index in [9.17, 15) is 4.79 Å². The summed E-state index contributed by atoms with van der Waals surface area (Å²) in [5, 5.41) is 3.45. The molecule has 1 saturated heterocycles. The van der Waals surface area contributed by atoms with E-state index >= 15 is 0 Å². The van der Waals surface area contributed by atoms with Crippen molar-refractivity contribution in [2.75, 3.05) is 39.3 Å². The molecule has 1 fully saturated rings. The van der Waals surface area contributed by atoms with Crippen LogP contribution in [0.25, 0.3) is 0 Å². The fraction of sp³-hybridized carbons (Fsp3) is 0.636. The molecule has 168 valence electrons. The summed E-state index contributed by atoms with van der Waals surface area (Å²) in [6.07, 6.45) is 1.78. The summed E-state index contributed by atoms with van der Waals surface area (Å²) >= 11 is 0. The first kappa shape index (κ1) is 24.6. The minimum Gasteiger partial charge on any atom is -0.494 e. The second kappa shape index (κ2) is 11.1. The molecule has 2 heterocycles. The molecule has 1 aromatic carbocycles. The van der Waals surface area contributed by atoms with E-state index in [1.54, 1.807) is 4.90 Å². The highest BCUT2D eigenvalue weighted by molar-refractivity contribution is 14.0. The number of unbranched alkanes of at least 4 members (excludes halogenated alkanes) is 1. The molecular weight excluding hydrogens is 495 g/mol. The number of guanidine groups is 1. The Morgan fingerprint density at radius 3 is 2.63 bits per heavy atom. The van der Waals surface area contributed by atoms with Crippen LogP contribution in [0.3, 0.4) is 0 Å². The zero-order chi connectivity index (χ0) is 20.9. The summed E-state index contributed by atoms with van der Waals surface area (Å²) in [5.74, 6) is 1.88. The summed E-state index contributed by atoms with van der Waals surface area (Å²) in [7, 11) is 0. The van der Waals surface area contributed by atoms with Crippen molar-refractivity contribution in [3.8, 4) is 5.75 Å². The number of piperazine rings is 1. The molecule has 1 N–H and O–H groups in total. The number of hydrogen-bond donors (Lipinski definition) is 1. The van der Waals surface area contributed by atoms with Crippen LogP contribution in [-0.2, 0) is 4.74 Å². The van der Waals surface area contributed by atoms with E-state index in [0.29, 0.717) is 19.7 Å². The topological polar surface area (TPSA) is 66.4 Å². The van der Waals surface area contributed by atoms with E-state index in [4.69, 9.17) is 9.47 Å². The molecule has 8 heteroatoms. The van der Waals surface area contributed by atoms with Crippen LogP contribution >= 0.6 is 24.0 Å². The fourth-order valence-corrected chi connectivity index (χ4v) is 3.47. The number of ether oxygens (including phenoxy) is 2. The molecule has 0 saturated carbocycles. The first-order chi connectivity index (χ1) is 13.8. The molecule has 30 heavy (non-hydrogen) atoms. The molecule has 0 radical (unpaired) electrons. The van der Waals surface area contributed by atoms with Crippen LogP contribution in [0, 0.1) is 6.92 Å². The highest BCUT2D eigenvalue weighted by atomic mass is 127. The summed E-state index contributed by atoms with van der Waals surface area (Å²) in [5.41, 5.74) is 0.778. The van der Waals surface area contributed by atoms with E-state index in [-0.39, 0.29) is 36.1 Å². The van der Waals surface area contributed by atoms with Gasteiger partial charge in [0, 0.05) is 26.2 Å². The van der Waals surface area contributed by atoms with Crippen molar-refractivity contribution in [2.45, 2.75) is 52.2 Å². The highest BCUT2D eigenvalue weighted by Gasteiger charge is 2.36. The van der Waals surface area contributed by atoms with Gasteiger partial charge < -0.3 is 24.6 Å². The average molecular weight is 530 g/mol. The number of aryl methyl sites for hydroxylation is 1. The van der Waals surface area contributed by atoms with Crippen molar-refractivity contribution in [1.82, 2.24) is 15.1 Å². The molecule has 0 spiro atoms. The average Bonchev–Trinajstić information content (AvgIpc) is 3.07. The second-order valence-corrected chi connectivity index (χ2v) is 8.73. The molecule has 2 aliphatic rings. The standard InChI is InChI=1S/C22H34N4O3.HI/c1-17-7-9-19(10-8-17)28-14-6-5-11-23-20-24-15-18-16-25(12-13-26(18)20)21(27)29-22(2,3)4;/h7-10,18H,5-6,11-16H2,1-4H3,(H,23,24);1H. The third-order valence-electron chi connectivity index (χ3n) is 5.00. The molecular formula is C22H35IN4O3. The first-order valence-corrected chi connectivity index (χ1v) is 10.5. The van der Waals surface area contributed by atoms with Crippen LogP contribution in [0.2, 0.25) is 0 Å². The van der Waals surface area contributed by atoms with Crippen LogP contribution in [-0.4, -0.2) is 72.8 Å². The number of rotatable bonds is 6. The first-order valence-electron chi connectivity index (χ1n) is 10.5. The van der Waals surface area contributed by atoms with Gasteiger partial charge in [-0.2, -0.15) is 0 Å². The number of nitrogens with zero attached hydrogens (tertiary/aromatic N) is 3. The van der Waals surface area contributed by atoms with Crippen molar-refractivity contribution in [2.24, 2.45) is 4.99 Å². The SMILES string of the molecule is Cc1ccc(OCCCCNC2=NCC3CN(C(=O)OC(C)(C)C)CCN23)cc1.I. The van der Waals surface area contributed by atoms with E-state index in [2.05, 4.69) is 34.3 Å². The summed E-state index contributed by atoms with van der Waals surface area (Å²) in [4.78, 5) is 21.0. The zero-order valence-electron chi connectivity index (χ0n) is 18.5. The van der Waals surface area contributed by atoms with Crippen LogP contribution < -0.4 is 10.1 Å². The fourth-order valence-electron chi connectivity index (χ4n) is 3.47. The minimum absolute atomic E-state index is 0.